The molecule has 104 valence electrons. The van der Waals surface area contributed by atoms with Gasteiger partial charge in [0.2, 0.25) is 0 Å². The van der Waals surface area contributed by atoms with E-state index in [1.165, 1.54) is 22.3 Å². The predicted octanol–water partition coefficient (Wildman–Crippen LogP) is 5.73. The SMILES string of the molecule is CC.CC.Cc1cc(-c2ccc(C)c(C)c2)ccn1. The minimum atomic E-state index is 1.06. The zero-order valence-corrected chi connectivity index (χ0v) is 13.4. The molecule has 0 saturated heterocycles. The lowest BCUT2D eigenvalue weighted by Crippen LogP contribution is -1.85. The van der Waals surface area contributed by atoms with Gasteiger partial charge in [-0.25, -0.2) is 0 Å². The van der Waals surface area contributed by atoms with Crippen molar-refractivity contribution >= 4 is 0 Å². The summed E-state index contributed by atoms with van der Waals surface area (Å²) in [5.41, 5.74) is 6.24. The van der Waals surface area contributed by atoms with Crippen molar-refractivity contribution in [1.29, 1.82) is 0 Å². The summed E-state index contributed by atoms with van der Waals surface area (Å²) in [6.45, 7) is 14.3. The van der Waals surface area contributed by atoms with Crippen molar-refractivity contribution < 1.29 is 0 Å². The minimum absolute atomic E-state index is 1.06. The maximum absolute atomic E-state index is 4.21. The number of hydrogen-bond donors (Lipinski definition) is 0. The first-order valence-electron chi connectivity index (χ1n) is 7.17. The van der Waals surface area contributed by atoms with Crippen LogP contribution < -0.4 is 0 Å². The molecule has 0 bridgehead atoms. The van der Waals surface area contributed by atoms with Crippen LogP contribution in [0, 0.1) is 20.8 Å². The Morgan fingerprint density at radius 3 is 1.79 bits per heavy atom. The Kier molecular flexibility index (Phi) is 8.52. The molecule has 0 unspecified atom stereocenters. The average Bonchev–Trinajstić information content (AvgIpc) is 2.46. The number of benzene rings is 1. The van der Waals surface area contributed by atoms with Crippen molar-refractivity contribution in [3.63, 3.8) is 0 Å². The van der Waals surface area contributed by atoms with Gasteiger partial charge in [0.05, 0.1) is 0 Å². The molecule has 1 nitrogen and oxygen atoms in total. The third-order valence-corrected chi connectivity index (χ3v) is 2.74. The van der Waals surface area contributed by atoms with Gasteiger partial charge in [0.1, 0.15) is 0 Å². The molecule has 0 spiro atoms. The molecule has 19 heavy (non-hydrogen) atoms. The Bertz CT molecular complexity index is 487. The van der Waals surface area contributed by atoms with Crippen molar-refractivity contribution in [2.24, 2.45) is 0 Å². The molecule has 1 heterocycles. The highest BCUT2D eigenvalue weighted by atomic mass is 14.6. The fourth-order valence-corrected chi connectivity index (χ4v) is 1.65. The summed E-state index contributed by atoms with van der Waals surface area (Å²) in [4.78, 5) is 4.21. The molecule has 0 fully saturated rings. The van der Waals surface area contributed by atoms with Crippen LogP contribution in [0.25, 0.3) is 11.1 Å². The molecule has 0 saturated carbocycles. The summed E-state index contributed by atoms with van der Waals surface area (Å²) in [6, 6.07) is 10.7. The van der Waals surface area contributed by atoms with Crippen LogP contribution in [0.2, 0.25) is 0 Å². The molecule has 2 rings (SSSR count). The predicted molar refractivity (Wildman–Crippen MR) is 86.6 cm³/mol. The summed E-state index contributed by atoms with van der Waals surface area (Å²) < 4.78 is 0. The fraction of sp³-hybridized carbons (Fsp3) is 0.389. The zero-order valence-electron chi connectivity index (χ0n) is 13.4. The summed E-state index contributed by atoms with van der Waals surface area (Å²) in [5.74, 6) is 0. The molecule has 0 aliphatic rings. The third-order valence-electron chi connectivity index (χ3n) is 2.74. The highest BCUT2D eigenvalue weighted by molar-refractivity contribution is 5.64. The lowest BCUT2D eigenvalue weighted by Gasteiger charge is -2.05. The van der Waals surface area contributed by atoms with Crippen LogP contribution in [0.5, 0.6) is 0 Å². The molecular formula is C18H27N. The first-order chi connectivity index (χ1) is 9.16. The Morgan fingerprint density at radius 2 is 1.26 bits per heavy atom. The van der Waals surface area contributed by atoms with Crippen LogP contribution in [0.1, 0.15) is 44.5 Å². The van der Waals surface area contributed by atoms with E-state index in [1.807, 2.05) is 40.8 Å². The van der Waals surface area contributed by atoms with Crippen molar-refractivity contribution in [2.75, 3.05) is 0 Å². The largest absolute Gasteiger partial charge is 0.262 e. The van der Waals surface area contributed by atoms with Crippen LogP contribution >= 0.6 is 0 Å². The van der Waals surface area contributed by atoms with E-state index in [4.69, 9.17) is 0 Å². The number of pyridine rings is 1. The summed E-state index contributed by atoms with van der Waals surface area (Å²) in [5, 5.41) is 0. The number of aryl methyl sites for hydroxylation is 3. The van der Waals surface area contributed by atoms with Gasteiger partial charge in [-0.15, -0.1) is 0 Å². The van der Waals surface area contributed by atoms with Crippen molar-refractivity contribution in [1.82, 2.24) is 4.98 Å². The van der Waals surface area contributed by atoms with E-state index in [1.54, 1.807) is 0 Å². The maximum Gasteiger partial charge on any atom is 0.0378 e. The lowest BCUT2D eigenvalue weighted by atomic mass is 10.0. The summed E-state index contributed by atoms with van der Waals surface area (Å²) >= 11 is 0. The normalized spacial score (nSPS) is 8.79. The smallest absolute Gasteiger partial charge is 0.0378 e. The number of nitrogens with zero attached hydrogens (tertiary/aromatic N) is 1. The molecular weight excluding hydrogens is 230 g/mol. The Labute approximate surface area is 118 Å². The zero-order chi connectivity index (χ0) is 14.8. The van der Waals surface area contributed by atoms with Gasteiger partial charge in [0.25, 0.3) is 0 Å². The van der Waals surface area contributed by atoms with Gasteiger partial charge in [0.15, 0.2) is 0 Å². The second kappa shape index (κ2) is 9.32. The van der Waals surface area contributed by atoms with Crippen LogP contribution in [-0.2, 0) is 0 Å². The minimum Gasteiger partial charge on any atom is -0.262 e. The van der Waals surface area contributed by atoms with E-state index >= 15 is 0 Å². The van der Waals surface area contributed by atoms with Gasteiger partial charge in [-0.05, 0) is 55.2 Å². The van der Waals surface area contributed by atoms with Crippen LogP contribution in [0.4, 0.5) is 0 Å². The third kappa shape index (κ3) is 5.25. The van der Waals surface area contributed by atoms with E-state index in [9.17, 15) is 0 Å². The highest BCUT2D eigenvalue weighted by Gasteiger charge is 1.99. The monoisotopic (exact) mass is 257 g/mol. The Balaban J connectivity index is 0.000000741. The van der Waals surface area contributed by atoms with E-state index < -0.39 is 0 Å². The number of rotatable bonds is 1. The quantitative estimate of drug-likeness (QED) is 0.636. The fourth-order valence-electron chi connectivity index (χ4n) is 1.65. The average molecular weight is 257 g/mol. The molecule has 0 radical (unpaired) electrons. The van der Waals surface area contributed by atoms with E-state index in [-0.39, 0.29) is 0 Å². The van der Waals surface area contributed by atoms with Crippen LogP contribution in [0.15, 0.2) is 36.5 Å². The van der Waals surface area contributed by atoms with Gasteiger partial charge >= 0.3 is 0 Å². The molecule has 0 aliphatic carbocycles. The summed E-state index contributed by atoms with van der Waals surface area (Å²) in [6.07, 6.45) is 1.86. The van der Waals surface area contributed by atoms with Gasteiger partial charge in [-0.1, -0.05) is 45.9 Å². The summed E-state index contributed by atoms with van der Waals surface area (Å²) in [7, 11) is 0. The van der Waals surface area contributed by atoms with Crippen molar-refractivity contribution in [3.05, 3.63) is 53.3 Å². The van der Waals surface area contributed by atoms with E-state index in [0.717, 1.165) is 5.69 Å². The molecule has 0 atom stereocenters. The number of hydrogen-bond acceptors (Lipinski definition) is 1. The lowest BCUT2D eigenvalue weighted by molar-refractivity contribution is 1.20. The van der Waals surface area contributed by atoms with Gasteiger partial charge in [-0.3, -0.25) is 4.98 Å². The van der Waals surface area contributed by atoms with Crippen molar-refractivity contribution in [3.8, 4) is 11.1 Å². The molecule has 0 amide bonds. The maximum atomic E-state index is 4.21. The topological polar surface area (TPSA) is 12.9 Å². The van der Waals surface area contributed by atoms with Gasteiger partial charge in [0, 0.05) is 11.9 Å². The van der Waals surface area contributed by atoms with Crippen LogP contribution in [0.3, 0.4) is 0 Å². The second-order valence-corrected chi connectivity index (χ2v) is 3.98. The molecule has 0 N–H and O–H groups in total. The molecule has 2 aromatic rings. The van der Waals surface area contributed by atoms with E-state index in [2.05, 4.69) is 49.2 Å². The van der Waals surface area contributed by atoms with Crippen LogP contribution in [-0.4, -0.2) is 4.98 Å². The second-order valence-electron chi connectivity index (χ2n) is 3.98. The van der Waals surface area contributed by atoms with Gasteiger partial charge in [-0.2, -0.15) is 0 Å². The van der Waals surface area contributed by atoms with E-state index in [0.29, 0.717) is 0 Å². The standard InChI is InChI=1S/C14H15N.2C2H6/c1-10-4-5-13(8-11(10)2)14-6-7-15-12(3)9-14;2*1-2/h4-9H,1-3H3;2*1-2H3. The number of aromatic nitrogens is 1. The highest BCUT2D eigenvalue weighted by Crippen LogP contribution is 2.21. The van der Waals surface area contributed by atoms with Gasteiger partial charge < -0.3 is 0 Å². The molecule has 1 aromatic carbocycles. The molecule has 0 aliphatic heterocycles. The Hall–Kier alpha value is -1.63. The molecule has 1 aromatic heterocycles. The Morgan fingerprint density at radius 1 is 0.684 bits per heavy atom. The molecule has 1 heteroatoms. The van der Waals surface area contributed by atoms with Crippen molar-refractivity contribution in [2.45, 2.75) is 48.5 Å². The first-order valence-corrected chi connectivity index (χ1v) is 7.17. The first kappa shape index (κ1) is 17.4.